The number of alkyl halides is 3. The highest BCUT2D eigenvalue weighted by molar-refractivity contribution is 9.10. The molecule has 0 aliphatic rings. The van der Waals surface area contributed by atoms with Gasteiger partial charge in [-0.05, 0) is 40.2 Å². The van der Waals surface area contributed by atoms with Crippen molar-refractivity contribution in [3.8, 4) is 11.6 Å². The van der Waals surface area contributed by atoms with Crippen LogP contribution in [0.25, 0.3) is 0 Å². The molecular formula is C12H6BrF4NO. The molecule has 0 saturated heterocycles. The molecule has 0 fully saturated rings. The highest BCUT2D eigenvalue weighted by Gasteiger charge is 2.30. The van der Waals surface area contributed by atoms with Crippen LogP contribution in [0.3, 0.4) is 0 Å². The van der Waals surface area contributed by atoms with Crippen LogP contribution in [0.4, 0.5) is 17.6 Å². The number of nitrogens with zero attached hydrogens (tertiary/aromatic N) is 1. The molecule has 1 aromatic carbocycles. The maximum Gasteiger partial charge on any atom is 0.417 e. The van der Waals surface area contributed by atoms with Crippen LogP contribution in [0.2, 0.25) is 0 Å². The van der Waals surface area contributed by atoms with Crippen molar-refractivity contribution in [2.24, 2.45) is 0 Å². The molecule has 0 N–H and O–H groups in total. The van der Waals surface area contributed by atoms with Crippen LogP contribution in [0.15, 0.2) is 41.0 Å². The first kappa shape index (κ1) is 13.8. The lowest BCUT2D eigenvalue weighted by Crippen LogP contribution is -2.05. The van der Waals surface area contributed by atoms with Gasteiger partial charge in [-0.3, -0.25) is 0 Å². The van der Waals surface area contributed by atoms with E-state index in [1.54, 1.807) is 0 Å². The summed E-state index contributed by atoms with van der Waals surface area (Å²) < 4.78 is 55.3. The smallest absolute Gasteiger partial charge is 0.417 e. The van der Waals surface area contributed by atoms with Gasteiger partial charge in [0.15, 0.2) is 0 Å². The van der Waals surface area contributed by atoms with Crippen molar-refractivity contribution in [1.82, 2.24) is 4.98 Å². The van der Waals surface area contributed by atoms with E-state index in [0.29, 0.717) is 6.20 Å². The van der Waals surface area contributed by atoms with Gasteiger partial charge in [0.05, 0.1) is 10.0 Å². The zero-order chi connectivity index (χ0) is 14.0. The number of hydrogen-bond acceptors (Lipinski definition) is 2. The lowest BCUT2D eigenvalue weighted by atomic mass is 10.3. The Labute approximate surface area is 114 Å². The number of aromatic nitrogens is 1. The van der Waals surface area contributed by atoms with Gasteiger partial charge in [0.25, 0.3) is 0 Å². The topological polar surface area (TPSA) is 22.1 Å². The van der Waals surface area contributed by atoms with Gasteiger partial charge in [-0.2, -0.15) is 13.2 Å². The first-order valence-corrected chi connectivity index (χ1v) is 5.82. The Kier molecular flexibility index (Phi) is 3.75. The van der Waals surface area contributed by atoms with Crippen molar-refractivity contribution in [2.45, 2.75) is 6.18 Å². The van der Waals surface area contributed by atoms with Crippen LogP contribution in [-0.4, -0.2) is 4.98 Å². The largest absolute Gasteiger partial charge is 0.439 e. The Morgan fingerprint density at radius 2 is 1.84 bits per heavy atom. The van der Waals surface area contributed by atoms with Crippen molar-refractivity contribution in [2.75, 3.05) is 0 Å². The second kappa shape index (κ2) is 5.16. The van der Waals surface area contributed by atoms with Gasteiger partial charge in [-0.15, -0.1) is 0 Å². The van der Waals surface area contributed by atoms with Gasteiger partial charge in [-0.25, -0.2) is 9.37 Å². The molecule has 2 nitrogen and oxygen atoms in total. The van der Waals surface area contributed by atoms with E-state index in [1.807, 2.05) is 0 Å². The second-order valence-corrected chi connectivity index (χ2v) is 4.42. The number of ether oxygens (including phenoxy) is 1. The number of pyridine rings is 1. The molecule has 1 heterocycles. The van der Waals surface area contributed by atoms with Gasteiger partial charge >= 0.3 is 6.18 Å². The van der Waals surface area contributed by atoms with E-state index in [4.69, 9.17) is 4.74 Å². The predicted molar refractivity (Wildman–Crippen MR) is 63.4 cm³/mol. The quantitative estimate of drug-likeness (QED) is 0.736. The zero-order valence-electron chi connectivity index (χ0n) is 9.21. The molecule has 0 saturated carbocycles. The fraction of sp³-hybridized carbons (Fsp3) is 0.0833. The molecule has 7 heteroatoms. The fourth-order valence-corrected chi connectivity index (χ4v) is 1.63. The van der Waals surface area contributed by atoms with Crippen LogP contribution >= 0.6 is 15.9 Å². The monoisotopic (exact) mass is 335 g/mol. The zero-order valence-corrected chi connectivity index (χ0v) is 10.8. The minimum Gasteiger partial charge on any atom is -0.439 e. The van der Waals surface area contributed by atoms with Gasteiger partial charge in [-0.1, -0.05) is 0 Å². The van der Waals surface area contributed by atoms with Gasteiger partial charge in [0.1, 0.15) is 11.6 Å². The summed E-state index contributed by atoms with van der Waals surface area (Å²) in [6, 6.07) is 5.83. The Morgan fingerprint density at radius 1 is 1.11 bits per heavy atom. The third kappa shape index (κ3) is 3.44. The summed E-state index contributed by atoms with van der Waals surface area (Å²) in [6.07, 6.45) is -3.77. The summed E-state index contributed by atoms with van der Waals surface area (Å²) in [5, 5.41) is 0. The van der Waals surface area contributed by atoms with E-state index in [9.17, 15) is 17.6 Å². The highest BCUT2D eigenvalue weighted by atomic mass is 79.9. The second-order valence-electron chi connectivity index (χ2n) is 3.56. The summed E-state index contributed by atoms with van der Waals surface area (Å²) in [6.45, 7) is 0. The Bertz CT molecular complexity index is 583. The molecule has 0 amide bonds. The van der Waals surface area contributed by atoms with Crippen LogP contribution in [0, 0.1) is 5.82 Å². The normalized spacial score (nSPS) is 11.4. The summed E-state index contributed by atoms with van der Waals surface area (Å²) in [5.74, 6) is -0.209. The Morgan fingerprint density at radius 3 is 2.37 bits per heavy atom. The molecule has 100 valence electrons. The lowest BCUT2D eigenvalue weighted by Gasteiger charge is -2.08. The average Bonchev–Trinajstić information content (AvgIpc) is 2.33. The molecule has 0 atom stereocenters. The molecule has 0 aliphatic heterocycles. The maximum atomic E-state index is 13.0. The third-order valence-corrected chi connectivity index (χ3v) is 2.78. The van der Waals surface area contributed by atoms with E-state index < -0.39 is 17.6 Å². The van der Waals surface area contributed by atoms with E-state index in [-0.39, 0.29) is 16.1 Å². The summed E-state index contributed by atoms with van der Waals surface area (Å²) in [7, 11) is 0. The van der Waals surface area contributed by atoms with Crippen LogP contribution in [0.5, 0.6) is 11.6 Å². The summed E-state index contributed by atoms with van der Waals surface area (Å²) in [4.78, 5) is 3.54. The average molecular weight is 336 g/mol. The Balaban J connectivity index is 2.17. The van der Waals surface area contributed by atoms with Crippen molar-refractivity contribution in [3.63, 3.8) is 0 Å². The summed E-state index contributed by atoms with van der Waals surface area (Å²) in [5.41, 5.74) is -0.861. The Hall–Kier alpha value is -1.63. The first-order chi connectivity index (χ1) is 8.86. The fourth-order valence-electron chi connectivity index (χ4n) is 1.27. The molecule has 0 spiro atoms. The van der Waals surface area contributed by atoms with Gasteiger partial charge < -0.3 is 4.74 Å². The number of benzene rings is 1. The van der Waals surface area contributed by atoms with E-state index in [0.717, 1.165) is 12.1 Å². The standard InChI is InChI=1S/C12H6BrF4NO/c13-9-5-8(2-3-10(9)14)19-11-4-1-7(6-18-11)12(15,16)17/h1-6H. The van der Waals surface area contributed by atoms with E-state index >= 15 is 0 Å². The number of halogens is 5. The van der Waals surface area contributed by atoms with Crippen LogP contribution < -0.4 is 4.74 Å². The van der Waals surface area contributed by atoms with Gasteiger partial charge in [0, 0.05) is 12.3 Å². The molecule has 0 bridgehead atoms. The van der Waals surface area contributed by atoms with Crippen LogP contribution in [-0.2, 0) is 6.18 Å². The number of rotatable bonds is 2. The minimum absolute atomic E-state index is 0.00786. The molecule has 19 heavy (non-hydrogen) atoms. The molecule has 2 rings (SSSR count). The van der Waals surface area contributed by atoms with Crippen molar-refractivity contribution in [1.29, 1.82) is 0 Å². The predicted octanol–water partition coefficient (Wildman–Crippen LogP) is 4.79. The lowest BCUT2D eigenvalue weighted by molar-refractivity contribution is -0.137. The minimum atomic E-state index is -4.44. The molecular weight excluding hydrogens is 330 g/mol. The van der Waals surface area contributed by atoms with Crippen molar-refractivity contribution >= 4 is 15.9 Å². The van der Waals surface area contributed by atoms with Gasteiger partial charge in [0.2, 0.25) is 5.88 Å². The van der Waals surface area contributed by atoms with Crippen LogP contribution in [0.1, 0.15) is 5.56 Å². The van der Waals surface area contributed by atoms with E-state index in [1.165, 1.54) is 18.2 Å². The molecule has 1 aromatic heterocycles. The van der Waals surface area contributed by atoms with Crippen molar-refractivity contribution < 1.29 is 22.3 Å². The molecule has 0 radical (unpaired) electrons. The first-order valence-electron chi connectivity index (χ1n) is 5.02. The molecule has 2 aromatic rings. The highest BCUT2D eigenvalue weighted by Crippen LogP contribution is 2.30. The molecule has 0 unspecified atom stereocenters. The van der Waals surface area contributed by atoms with Crippen molar-refractivity contribution in [3.05, 3.63) is 52.4 Å². The number of hydrogen-bond donors (Lipinski definition) is 0. The third-order valence-electron chi connectivity index (χ3n) is 2.18. The molecule has 0 aliphatic carbocycles. The SMILES string of the molecule is Fc1ccc(Oc2ccc(C(F)(F)F)cn2)cc1Br. The van der Waals surface area contributed by atoms with E-state index in [2.05, 4.69) is 20.9 Å². The maximum absolute atomic E-state index is 13.0. The summed E-state index contributed by atoms with van der Waals surface area (Å²) >= 11 is 2.97.